The van der Waals surface area contributed by atoms with Crippen molar-refractivity contribution < 1.29 is 0 Å². The molecule has 0 amide bonds. The highest BCUT2D eigenvalue weighted by Gasteiger charge is 2.34. The molecule has 3 heteroatoms. The maximum atomic E-state index is 5.93. The van der Waals surface area contributed by atoms with Crippen molar-refractivity contribution in [3.05, 3.63) is 0 Å². The molecule has 0 rings (SSSR count). The van der Waals surface area contributed by atoms with Gasteiger partial charge in [0.2, 0.25) is 0 Å². The number of nitrogens with two attached hydrogens (primary N) is 3. The first-order valence-corrected chi connectivity index (χ1v) is 3.96. The summed E-state index contributed by atoms with van der Waals surface area (Å²) in [5, 5.41) is 0. The third-order valence-electron chi connectivity index (χ3n) is 2.08. The van der Waals surface area contributed by atoms with Crippen LogP contribution in [0.4, 0.5) is 0 Å². The summed E-state index contributed by atoms with van der Waals surface area (Å²) < 4.78 is 0. The fourth-order valence-electron chi connectivity index (χ4n) is 1.12. The van der Waals surface area contributed by atoms with Crippen molar-refractivity contribution >= 4 is 0 Å². The van der Waals surface area contributed by atoms with Crippen molar-refractivity contribution in [1.29, 1.82) is 0 Å². The molecule has 0 radical (unpaired) electrons. The van der Waals surface area contributed by atoms with Crippen molar-refractivity contribution in [2.45, 2.75) is 39.3 Å². The summed E-state index contributed by atoms with van der Waals surface area (Å²) in [6.07, 6.45) is 0. The molecule has 2 atom stereocenters. The molecule has 6 N–H and O–H groups in total. The highest BCUT2D eigenvalue weighted by atomic mass is 14.9. The number of hydrogen-bond donors (Lipinski definition) is 3. The molecule has 0 fully saturated rings. The molecule has 0 aromatic heterocycles. The zero-order chi connectivity index (χ0) is 9.28. The predicted octanol–water partition coefficient (Wildman–Crippen LogP) is 0.0359. The van der Waals surface area contributed by atoms with Crippen molar-refractivity contribution in [3.8, 4) is 0 Å². The van der Waals surface area contributed by atoms with Crippen LogP contribution < -0.4 is 17.2 Å². The van der Waals surface area contributed by atoms with Crippen LogP contribution >= 0.6 is 0 Å². The van der Waals surface area contributed by atoms with Gasteiger partial charge in [-0.2, -0.15) is 0 Å². The Labute approximate surface area is 69.3 Å². The molecule has 0 saturated carbocycles. The van der Waals surface area contributed by atoms with E-state index >= 15 is 0 Å². The van der Waals surface area contributed by atoms with E-state index in [0.717, 1.165) is 0 Å². The van der Waals surface area contributed by atoms with Gasteiger partial charge in [0.1, 0.15) is 0 Å². The molecular formula is C8H21N3. The summed E-state index contributed by atoms with van der Waals surface area (Å²) in [7, 11) is 0. The van der Waals surface area contributed by atoms with Gasteiger partial charge in [-0.1, -0.05) is 20.8 Å². The van der Waals surface area contributed by atoms with Crippen LogP contribution in [0.25, 0.3) is 0 Å². The second-order valence-electron chi connectivity index (χ2n) is 4.55. The van der Waals surface area contributed by atoms with Gasteiger partial charge in [0.15, 0.2) is 0 Å². The molecule has 0 aromatic rings. The Morgan fingerprint density at radius 3 is 1.64 bits per heavy atom. The molecule has 2 unspecified atom stereocenters. The summed E-state index contributed by atoms with van der Waals surface area (Å²) in [5.41, 5.74) is 16.9. The molecule has 3 nitrogen and oxygen atoms in total. The van der Waals surface area contributed by atoms with E-state index in [2.05, 4.69) is 20.8 Å². The van der Waals surface area contributed by atoms with Gasteiger partial charge in [-0.05, 0) is 12.3 Å². The molecule has 11 heavy (non-hydrogen) atoms. The summed E-state index contributed by atoms with van der Waals surface area (Å²) in [6, 6.07) is -0.0694. The van der Waals surface area contributed by atoms with Crippen molar-refractivity contribution in [1.82, 2.24) is 0 Å². The molecule has 0 heterocycles. The van der Waals surface area contributed by atoms with E-state index in [4.69, 9.17) is 17.2 Å². The van der Waals surface area contributed by atoms with Crippen LogP contribution in [0.2, 0.25) is 0 Å². The Morgan fingerprint density at radius 1 is 1.18 bits per heavy atom. The topological polar surface area (TPSA) is 78.1 Å². The van der Waals surface area contributed by atoms with Crippen LogP contribution in [0.3, 0.4) is 0 Å². The Morgan fingerprint density at radius 2 is 1.55 bits per heavy atom. The second-order valence-corrected chi connectivity index (χ2v) is 4.55. The van der Waals surface area contributed by atoms with E-state index in [1.54, 1.807) is 0 Å². The first-order chi connectivity index (χ1) is 4.72. The lowest BCUT2D eigenvalue weighted by Crippen LogP contribution is -2.62. The number of rotatable bonds is 2. The average Bonchev–Trinajstić information content (AvgIpc) is 1.84. The normalized spacial score (nSPS) is 21.0. The summed E-state index contributed by atoms with van der Waals surface area (Å²) in [4.78, 5) is 0. The fraction of sp³-hybridized carbons (Fsp3) is 1.00. The average molecular weight is 159 g/mol. The Hall–Kier alpha value is -0.120. The Kier molecular flexibility index (Phi) is 3.06. The van der Waals surface area contributed by atoms with Crippen LogP contribution in [0, 0.1) is 5.41 Å². The third-order valence-corrected chi connectivity index (χ3v) is 2.08. The lowest BCUT2D eigenvalue weighted by Gasteiger charge is -2.39. The second kappa shape index (κ2) is 3.09. The van der Waals surface area contributed by atoms with Crippen LogP contribution in [-0.4, -0.2) is 18.1 Å². The van der Waals surface area contributed by atoms with Crippen molar-refractivity contribution in [2.24, 2.45) is 22.6 Å². The monoisotopic (exact) mass is 159 g/mol. The fourth-order valence-corrected chi connectivity index (χ4v) is 1.12. The van der Waals surface area contributed by atoms with Crippen LogP contribution in [0.1, 0.15) is 27.7 Å². The van der Waals surface area contributed by atoms with Crippen molar-refractivity contribution in [3.63, 3.8) is 0 Å². The Bertz CT molecular complexity index is 124. The van der Waals surface area contributed by atoms with E-state index in [1.165, 1.54) is 0 Å². The van der Waals surface area contributed by atoms with E-state index in [1.807, 2.05) is 6.92 Å². The third kappa shape index (κ3) is 2.77. The first-order valence-electron chi connectivity index (χ1n) is 3.96. The Balaban J connectivity index is 4.35. The predicted molar refractivity (Wildman–Crippen MR) is 49.1 cm³/mol. The lowest BCUT2D eigenvalue weighted by molar-refractivity contribution is 0.220. The van der Waals surface area contributed by atoms with Gasteiger partial charge in [0.25, 0.3) is 0 Å². The summed E-state index contributed by atoms with van der Waals surface area (Å²) >= 11 is 0. The van der Waals surface area contributed by atoms with Gasteiger partial charge >= 0.3 is 0 Å². The molecule has 0 saturated heterocycles. The molecule has 68 valence electrons. The molecular weight excluding hydrogens is 138 g/mol. The smallest absolute Gasteiger partial charge is 0.0408 e. The molecule has 0 aliphatic carbocycles. The quantitative estimate of drug-likeness (QED) is 0.532. The summed E-state index contributed by atoms with van der Waals surface area (Å²) in [5.74, 6) is 0. The van der Waals surface area contributed by atoms with Gasteiger partial charge in [-0.15, -0.1) is 0 Å². The highest BCUT2D eigenvalue weighted by molar-refractivity contribution is 4.97. The standard InChI is InChI=1S/C8H21N3/c1-7(2,3)6(10)8(4,11)5-9/h6H,5,9-11H2,1-4H3. The van der Waals surface area contributed by atoms with E-state index in [0.29, 0.717) is 6.54 Å². The minimum Gasteiger partial charge on any atom is -0.329 e. The minimum absolute atomic E-state index is 0.0167. The lowest BCUT2D eigenvalue weighted by atomic mass is 9.76. The maximum absolute atomic E-state index is 5.93. The van der Waals surface area contributed by atoms with Gasteiger partial charge in [-0.3, -0.25) is 0 Å². The minimum atomic E-state index is -0.460. The number of hydrogen-bond acceptors (Lipinski definition) is 3. The van der Waals surface area contributed by atoms with Crippen LogP contribution in [0.5, 0.6) is 0 Å². The summed E-state index contributed by atoms with van der Waals surface area (Å²) in [6.45, 7) is 8.52. The SMILES string of the molecule is CC(C)(C)C(N)C(C)(N)CN. The molecule has 0 bridgehead atoms. The van der Waals surface area contributed by atoms with Gasteiger partial charge in [-0.25, -0.2) is 0 Å². The van der Waals surface area contributed by atoms with Crippen LogP contribution in [0.15, 0.2) is 0 Å². The highest BCUT2D eigenvalue weighted by Crippen LogP contribution is 2.23. The van der Waals surface area contributed by atoms with Gasteiger partial charge < -0.3 is 17.2 Å². The maximum Gasteiger partial charge on any atom is 0.0408 e. The first kappa shape index (κ1) is 10.9. The zero-order valence-corrected chi connectivity index (χ0v) is 8.02. The largest absolute Gasteiger partial charge is 0.329 e. The van der Waals surface area contributed by atoms with E-state index in [9.17, 15) is 0 Å². The zero-order valence-electron chi connectivity index (χ0n) is 8.02. The molecule has 0 spiro atoms. The molecule has 0 aliphatic rings. The molecule has 0 aliphatic heterocycles. The van der Waals surface area contributed by atoms with Gasteiger partial charge in [0, 0.05) is 18.1 Å². The van der Waals surface area contributed by atoms with Crippen LogP contribution in [-0.2, 0) is 0 Å². The molecule has 0 aromatic carbocycles. The van der Waals surface area contributed by atoms with E-state index < -0.39 is 5.54 Å². The van der Waals surface area contributed by atoms with Crippen molar-refractivity contribution in [2.75, 3.05) is 6.54 Å². The van der Waals surface area contributed by atoms with E-state index in [-0.39, 0.29) is 11.5 Å². The van der Waals surface area contributed by atoms with Gasteiger partial charge in [0.05, 0.1) is 0 Å².